The minimum atomic E-state index is 0.525. The number of thioether (sulfide) groups is 1. The number of furan rings is 1. The molecule has 4 rings (SSSR count). The molecule has 0 saturated carbocycles. The first-order valence-electron chi connectivity index (χ1n) is 8.65. The number of hydrogen-bond acceptors (Lipinski definition) is 7. The molecule has 27 heavy (non-hydrogen) atoms. The lowest BCUT2D eigenvalue weighted by molar-refractivity contribution is 0.425. The lowest BCUT2D eigenvalue weighted by Gasteiger charge is -2.05. The van der Waals surface area contributed by atoms with Crippen molar-refractivity contribution in [3.8, 4) is 22.8 Å². The molecular formula is C19H19N5O2S. The fourth-order valence-electron chi connectivity index (χ4n) is 2.75. The van der Waals surface area contributed by atoms with Crippen LogP contribution in [0.4, 0.5) is 0 Å². The van der Waals surface area contributed by atoms with E-state index in [1.54, 1.807) is 6.26 Å². The molecule has 138 valence electrons. The highest BCUT2D eigenvalue weighted by Gasteiger charge is 2.17. The van der Waals surface area contributed by atoms with E-state index in [-0.39, 0.29) is 0 Å². The second-order valence-electron chi connectivity index (χ2n) is 6.11. The van der Waals surface area contributed by atoms with Gasteiger partial charge in [-0.3, -0.25) is 0 Å². The molecular weight excluding hydrogens is 362 g/mol. The SMILES string of the molecule is CCn1c(SCc2noc(-c3ccc(C)cc3)n2)nnc1-c1ccoc1C. The molecule has 0 fully saturated rings. The maximum absolute atomic E-state index is 5.39. The first-order chi connectivity index (χ1) is 13.2. The molecule has 8 heteroatoms. The van der Waals surface area contributed by atoms with Crippen molar-refractivity contribution in [2.45, 2.75) is 38.2 Å². The standard InChI is InChI=1S/C19H19N5O2S/c1-4-24-17(15-9-10-25-13(15)3)21-22-19(24)27-11-16-20-18(26-23-16)14-7-5-12(2)6-8-14/h5-10H,4,11H2,1-3H3. The highest BCUT2D eigenvalue weighted by Crippen LogP contribution is 2.28. The third kappa shape index (κ3) is 3.52. The van der Waals surface area contributed by atoms with Gasteiger partial charge in [0.05, 0.1) is 17.6 Å². The minimum Gasteiger partial charge on any atom is -0.469 e. The van der Waals surface area contributed by atoms with E-state index in [9.17, 15) is 0 Å². The van der Waals surface area contributed by atoms with E-state index < -0.39 is 0 Å². The van der Waals surface area contributed by atoms with Crippen LogP contribution in [0.2, 0.25) is 0 Å². The summed E-state index contributed by atoms with van der Waals surface area (Å²) in [6.07, 6.45) is 1.66. The molecule has 0 aliphatic heterocycles. The minimum absolute atomic E-state index is 0.525. The summed E-state index contributed by atoms with van der Waals surface area (Å²) >= 11 is 1.53. The largest absolute Gasteiger partial charge is 0.469 e. The van der Waals surface area contributed by atoms with Crippen LogP contribution in [0.1, 0.15) is 24.1 Å². The van der Waals surface area contributed by atoms with Crippen LogP contribution >= 0.6 is 11.8 Å². The van der Waals surface area contributed by atoms with Crippen LogP contribution in [0.25, 0.3) is 22.8 Å². The Morgan fingerprint density at radius 3 is 2.59 bits per heavy atom. The fourth-order valence-corrected chi connectivity index (χ4v) is 3.60. The number of aromatic nitrogens is 5. The normalized spacial score (nSPS) is 11.2. The molecule has 0 N–H and O–H groups in total. The van der Waals surface area contributed by atoms with Gasteiger partial charge in [-0.1, -0.05) is 34.6 Å². The molecule has 7 nitrogen and oxygen atoms in total. The van der Waals surface area contributed by atoms with Gasteiger partial charge in [-0.15, -0.1) is 10.2 Å². The number of benzene rings is 1. The van der Waals surface area contributed by atoms with Crippen LogP contribution in [0.3, 0.4) is 0 Å². The van der Waals surface area contributed by atoms with Gasteiger partial charge in [0.25, 0.3) is 5.89 Å². The molecule has 0 atom stereocenters. The second kappa shape index (κ2) is 7.40. The molecule has 0 amide bonds. The molecule has 0 unspecified atom stereocenters. The Labute approximate surface area is 160 Å². The summed E-state index contributed by atoms with van der Waals surface area (Å²) in [4.78, 5) is 4.48. The summed E-state index contributed by atoms with van der Waals surface area (Å²) in [6, 6.07) is 9.92. The second-order valence-corrected chi connectivity index (χ2v) is 7.05. The monoisotopic (exact) mass is 381 g/mol. The van der Waals surface area contributed by atoms with Crippen LogP contribution < -0.4 is 0 Å². The van der Waals surface area contributed by atoms with Gasteiger partial charge in [-0.05, 0) is 39.0 Å². The van der Waals surface area contributed by atoms with Crippen molar-refractivity contribution in [3.05, 3.63) is 53.7 Å². The molecule has 1 aromatic carbocycles. The van der Waals surface area contributed by atoms with Gasteiger partial charge >= 0.3 is 0 Å². The molecule has 0 bridgehead atoms. The van der Waals surface area contributed by atoms with Crippen molar-refractivity contribution in [2.24, 2.45) is 0 Å². The van der Waals surface area contributed by atoms with E-state index >= 15 is 0 Å². The van der Waals surface area contributed by atoms with Gasteiger partial charge in [-0.2, -0.15) is 4.98 Å². The quantitative estimate of drug-likeness (QED) is 0.454. The lowest BCUT2D eigenvalue weighted by atomic mass is 10.1. The van der Waals surface area contributed by atoms with E-state index in [2.05, 4.69) is 31.8 Å². The van der Waals surface area contributed by atoms with Gasteiger partial charge in [-0.25, -0.2) is 0 Å². The third-order valence-electron chi connectivity index (χ3n) is 4.23. The highest BCUT2D eigenvalue weighted by atomic mass is 32.2. The molecule has 4 aromatic rings. The van der Waals surface area contributed by atoms with Crippen LogP contribution in [0, 0.1) is 13.8 Å². The van der Waals surface area contributed by atoms with E-state index in [0.717, 1.165) is 34.4 Å². The zero-order valence-electron chi connectivity index (χ0n) is 15.3. The average Bonchev–Trinajstić information content (AvgIpc) is 3.39. The predicted molar refractivity (Wildman–Crippen MR) is 102 cm³/mol. The van der Waals surface area contributed by atoms with Gasteiger partial charge in [0.15, 0.2) is 16.8 Å². The summed E-state index contributed by atoms with van der Waals surface area (Å²) in [5.41, 5.74) is 3.06. The van der Waals surface area contributed by atoms with Crippen LogP contribution in [-0.4, -0.2) is 24.9 Å². The van der Waals surface area contributed by atoms with Gasteiger partial charge in [0.2, 0.25) is 0 Å². The van der Waals surface area contributed by atoms with Crippen LogP contribution in [0.5, 0.6) is 0 Å². The van der Waals surface area contributed by atoms with E-state index in [1.165, 1.54) is 17.3 Å². The number of nitrogens with zero attached hydrogens (tertiary/aromatic N) is 5. The summed E-state index contributed by atoms with van der Waals surface area (Å²) in [5, 5.41) is 13.5. The Balaban J connectivity index is 1.50. The maximum atomic E-state index is 5.39. The number of rotatable bonds is 6. The first kappa shape index (κ1) is 17.5. The number of aryl methyl sites for hydroxylation is 2. The molecule has 0 saturated heterocycles. The van der Waals surface area contributed by atoms with Gasteiger partial charge < -0.3 is 13.5 Å². The summed E-state index contributed by atoms with van der Waals surface area (Å²) in [5.74, 6) is 3.34. The molecule has 0 radical (unpaired) electrons. The van der Waals surface area contributed by atoms with Crippen molar-refractivity contribution in [1.29, 1.82) is 0 Å². The van der Waals surface area contributed by atoms with E-state index in [0.29, 0.717) is 17.5 Å². The zero-order chi connectivity index (χ0) is 18.8. The van der Waals surface area contributed by atoms with Crippen molar-refractivity contribution in [1.82, 2.24) is 24.9 Å². The maximum Gasteiger partial charge on any atom is 0.257 e. The van der Waals surface area contributed by atoms with E-state index in [1.807, 2.05) is 44.2 Å². The third-order valence-corrected chi connectivity index (χ3v) is 5.19. The molecule has 0 spiro atoms. The summed E-state index contributed by atoms with van der Waals surface area (Å²) in [6.45, 7) is 6.79. The Bertz CT molecular complexity index is 1050. The lowest BCUT2D eigenvalue weighted by Crippen LogP contribution is -2.00. The molecule has 0 aliphatic rings. The van der Waals surface area contributed by atoms with Crippen molar-refractivity contribution in [2.75, 3.05) is 0 Å². The topological polar surface area (TPSA) is 82.8 Å². The van der Waals surface area contributed by atoms with Crippen molar-refractivity contribution >= 4 is 11.8 Å². The highest BCUT2D eigenvalue weighted by molar-refractivity contribution is 7.98. The summed E-state index contributed by atoms with van der Waals surface area (Å²) < 4.78 is 12.8. The zero-order valence-corrected chi connectivity index (χ0v) is 16.2. The number of hydrogen-bond donors (Lipinski definition) is 0. The Morgan fingerprint density at radius 2 is 1.89 bits per heavy atom. The van der Waals surface area contributed by atoms with Crippen LogP contribution in [-0.2, 0) is 12.3 Å². The fraction of sp³-hybridized carbons (Fsp3) is 0.263. The van der Waals surface area contributed by atoms with Gasteiger partial charge in [0.1, 0.15) is 5.76 Å². The van der Waals surface area contributed by atoms with E-state index in [4.69, 9.17) is 8.94 Å². The first-order valence-corrected chi connectivity index (χ1v) is 9.64. The molecule has 0 aliphatic carbocycles. The summed E-state index contributed by atoms with van der Waals surface area (Å²) in [7, 11) is 0. The van der Waals surface area contributed by atoms with Gasteiger partial charge in [0, 0.05) is 12.1 Å². The Kier molecular flexibility index (Phi) is 4.81. The van der Waals surface area contributed by atoms with Crippen molar-refractivity contribution < 1.29 is 8.94 Å². The Morgan fingerprint density at radius 1 is 1.07 bits per heavy atom. The smallest absolute Gasteiger partial charge is 0.257 e. The molecule has 3 heterocycles. The molecule has 3 aromatic heterocycles. The van der Waals surface area contributed by atoms with Crippen LogP contribution in [0.15, 0.2) is 50.7 Å². The predicted octanol–water partition coefficient (Wildman–Crippen LogP) is 4.52. The van der Waals surface area contributed by atoms with Crippen molar-refractivity contribution in [3.63, 3.8) is 0 Å². The average molecular weight is 381 g/mol. The Hall–Kier alpha value is -2.87.